The van der Waals surface area contributed by atoms with E-state index in [1.165, 1.54) is 0 Å². The standard InChI is InChI=1S/C15H28N2O4/c1-6-7-11(12(18)19)8-16-13(20)17-9-14(2,3)21-15(4,5)10-17/h11H,6-10H2,1-5H3,(H,16,20)(H,18,19). The van der Waals surface area contributed by atoms with Crippen molar-refractivity contribution in [1.82, 2.24) is 10.2 Å². The largest absolute Gasteiger partial charge is 0.481 e. The molecule has 0 saturated carbocycles. The number of ether oxygens (including phenoxy) is 1. The average Bonchev–Trinajstić information content (AvgIpc) is 2.29. The predicted molar refractivity (Wildman–Crippen MR) is 80.2 cm³/mol. The highest BCUT2D eigenvalue weighted by Crippen LogP contribution is 2.27. The number of rotatable bonds is 5. The molecule has 1 unspecified atom stereocenters. The summed E-state index contributed by atoms with van der Waals surface area (Å²) >= 11 is 0. The Bertz CT molecular complexity index is 377. The monoisotopic (exact) mass is 300 g/mol. The highest BCUT2D eigenvalue weighted by Gasteiger charge is 2.40. The predicted octanol–water partition coefficient (Wildman–Crippen LogP) is 2.09. The minimum atomic E-state index is -0.861. The number of carbonyl (C=O) groups is 2. The highest BCUT2D eigenvalue weighted by molar-refractivity contribution is 5.76. The first kappa shape index (κ1) is 17.8. The second-order valence-corrected chi connectivity index (χ2v) is 6.99. The molecule has 0 radical (unpaired) electrons. The third-order valence-electron chi connectivity index (χ3n) is 3.47. The zero-order valence-electron chi connectivity index (χ0n) is 13.7. The maximum atomic E-state index is 12.3. The van der Waals surface area contributed by atoms with Gasteiger partial charge in [0.2, 0.25) is 0 Å². The van der Waals surface area contributed by atoms with E-state index in [2.05, 4.69) is 5.32 Å². The lowest BCUT2D eigenvalue weighted by Gasteiger charge is -2.47. The quantitative estimate of drug-likeness (QED) is 0.815. The summed E-state index contributed by atoms with van der Waals surface area (Å²) in [5.41, 5.74) is -0.816. The van der Waals surface area contributed by atoms with E-state index in [1.54, 1.807) is 4.90 Å². The molecule has 1 atom stereocenters. The molecule has 1 rings (SSSR count). The van der Waals surface area contributed by atoms with Gasteiger partial charge in [-0.2, -0.15) is 0 Å². The van der Waals surface area contributed by atoms with Gasteiger partial charge in [-0.05, 0) is 34.1 Å². The van der Waals surface area contributed by atoms with Crippen molar-refractivity contribution in [2.24, 2.45) is 5.92 Å². The number of carboxylic acid groups (broad SMARTS) is 1. The fourth-order valence-corrected chi connectivity index (χ4v) is 2.91. The van der Waals surface area contributed by atoms with E-state index in [9.17, 15) is 9.59 Å². The summed E-state index contributed by atoms with van der Waals surface area (Å²) in [5, 5.41) is 11.9. The fourth-order valence-electron chi connectivity index (χ4n) is 2.91. The molecule has 0 aromatic heterocycles. The number of nitrogens with one attached hydrogen (secondary N) is 1. The molecule has 1 heterocycles. The number of carboxylic acids is 1. The van der Waals surface area contributed by atoms with Crippen molar-refractivity contribution >= 4 is 12.0 Å². The smallest absolute Gasteiger partial charge is 0.317 e. The first-order valence-electron chi connectivity index (χ1n) is 7.52. The number of hydrogen-bond donors (Lipinski definition) is 2. The molecule has 6 nitrogen and oxygen atoms in total. The topological polar surface area (TPSA) is 78.9 Å². The Morgan fingerprint density at radius 2 is 1.76 bits per heavy atom. The Hall–Kier alpha value is -1.30. The molecule has 2 amide bonds. The highest BCUT2D eigenvalue weighted by atomic mass is 16.5. The summed E-state index contributed by atoms with van der Waals surface area (Å²) < 4.78 is 5.93. The maximum Gasteiger partial charge on any atom is 0.317 e. The lowest BCUT2D eigenvalue weighted by atomic mass is 9.99. The minimum Gasteiger partial charge on any atom is -0.481 e. The van der Waals surface area contributed by atoms with Crippen molar-refractivity contribution in [3.05, 3.63) is 0 Å². The maximum absolute atomic E-state index is 12.3. The zero-order chi connectivity index (χ0) is 16.3. The average molecular weight is 300 g/mol. The molecule has 6 heteroatoms. The summed E-state index contributed by atoms with van der Waals surface area (Å²) in [6.45, 7) is 10.9. The third-order valence-corrected chi connectivity index (χ3v) is 3.47. The Kier molecular flexibility index (Phi) is 5.61. The molecule has 0 spiro atoms. The molecule has 21 heavy (non-hydrogen) atoms. The molecule has 0 aliphatic carbocycles. The van der Waals surface area contributed by atoms with Crippen molar-refractivity contribution in [3.8, 4) is 0 Å². The summed E-state index contributed by atoms with van der Waals surface area (Å²) in [4.78, 5) is 25.1. The zero-order valence-corrected chi connectivity index (χ0v) is 13.7. The van der Waals surface area contributed by atoms with Crippen molar-refractivity contribution in [1.29, 1.82) is 0 Å². The van der Waals surface area contributed by atoms with Crippen LogP contribution in [-0.2, 0) is 9.53 Å². The molecular formula is C15H28N2O4. The fraction of sp³-hybridized carbons (Fsp3) is 0.867. The van der Waals surface area contributed by atoms with Crippen LogP contribution in [0.4, 0.5) is 4.79 Å². The molecule has 1 fully saturated rings. The Labute approximate surface area is 126 Å². The Morgan fingerprint density at radius 3 is 2.19 bits per heavy atom. The number of carbonyl (C=O) groups excluding carboxylic acids is 1. The number of urea groups is 1. The van der Waals surface area contributed by atoms with Gasteiger partial charge in [0.05, 0.1) is 30.2 Å². The van der Waals surface area contributed by atoms with Crippen LogP contribution >= 0.6 is 0 Å². The molecule has 2 N–H and O–H groups in total. The van der Waals surface area contributed by atoms with E-state index >= 15 is 0 Å². The van der Waals surface area contributed by atoms with Crippen molar-refractivity contribution in [2.75, 3.05) is 19.6 Å². The first-order valence-corrected chi connectivity index (χ1v) is 7.52. The number of hydrogen-bond acceptors (Lipinski definition) is 3. The van der Waals surface area contributed by atoms with Gasteiger partial charge < -0.3 is 20.1 Å². The van der Waals surface area contributed by atoms with Crippen LogP contribution in [-0.4, -0.2) is 52.8 Å². The van der Waals surface area contributed by atoms with E-state index in [-0.39, 0.29) is 12.6 Å². The van der Waals surface area contributed by atoms with Crippen molar-refractivity contribution in [3.63, 3.8) is 0 Å². The van der Waals surface area contributed by atoms with Gasteiger partial charge in [0.15, 0.2) is 0 Å². The Morgan fingerprint density at radius 1 is 1.24 bits per heavy atom. The van der Waals surface area contributed by atoms with E-state index in [0.717, 1.165) is 6.42 Å². The summed E-state index contributed by atoms with van der Waals surface area (Å²) in [6, 6.07) is -0.221. The van der Waals surface area contributed by atoms with Gasteiger partial charge in [-0.25, -0.2) is 4.79 Å². The van der Waals surface area contributed by atoms with Crippen molar-refractivity contribution < 1.29 is 19.4 Å². The molecule has 1 aliphatic heterocycles. The van der Waals surface area contributed by atoms with Gasteiger partial charge in [-0.3, -0.25) is 4.79 Å². The van der Waals surface area contributed by atoms with Crippen LogP contribution in [0, 0.1) is 5.92 Å². The molecule has 1 saturated heterocycles. The van der Waals surface area contributed by atoms with E-state index in [1.807, 2.05) is 34.6 Å². The van der Waals surface area contributed by atoms with Crippen LogP contribution in [0.2, 0.25) is 0 Å². The van der Waals surface area contributed by atoms with E-state index in [0.29, 0.717) is 19.5 Å². The molecule has 1 aliphatic rings. The molecule has 0 aromatic carbocycles. The van der Waals surface area contributed by atoms with Crippen LogP contribution < -0.4 is 5.32 Å². The van der Waals surface area contributed by atoms with Crippen LogP contribution in [0.15, 0.2) is 0 Å². The van der Waals surface area contributed by atoms with Gasteiger partial charge in [0.1, 0.15) is 0 Å². The van der Waals surface area contributed by atoms with E-state index < -0.39 is 23.1 Å². The van der Waals surface area contributed by atoms with Crippen LogP contribution in [0.25, 0.3) is 0 Å². The van der Waals surface area contributed by atoms with Gasteiger partial charge in [-0.15, -0.1) is 0 Å². The molecular weight excluding hydrogens is 272 g/mol. The number of amides is 2. The minimum absolute atomic E-state index is 0.167. The number of aliphatic carboxylic acids is 1. The molecule has 0 bridgehead atoms. The summed E-state index contributed by atoms with van der Waals surface area (Å²) in [7, 11) is 0. The molecule has 122 valence electrons. The lowest BCUT2D eigenvalue weighted by Crippen LogP contribution is -2.60. The third kappa shape index (κ3) is 5.53. The summed E-state index contributed by atoms with van der Waals surface area (Å²) in [5.74, 6) is -1.39. The van der Waals surface area contributed by atoms with Gasteiger partial charge in [0.25, 0.3) is 0 Å². The molecule has 0 aromatic rings. The second-order valence-electron chi connectivity index (χ2n) is 6.99. The van der Waals surface area contributed by atoms with E-state index in [4.69, 9.17) is 9.84 Å². The summed E-state index contributed by atoms with van der Waals surface area (Å²) in [6.07, 6.45) is 1.35. The lowest BCUT2D eigenvalue weighted by molar-refractivity contribution is -0.170. The number of morpholine rings is 1. The van der Waals surface area contributed by atoms with Crippen molar-refractivity contribution in [2.45, 2.75) is 58.7 Å². The van der Waals surface area contributed by atoms with Gasteiger partial charge >= 0.3 is 12.0 Å². The van der Waals surface area contributed by atoms with Gasteiger partial charge in [0, 0.05) is 6.54 Å². The van der Waals surface area contributed by atoms with Gasteiger partial charge in [-0.1, -0.05) is 13.3 Å². The Balaban J connectivity index is 2.60. The first-order chi connectivity index (χ1) is 9.56. The SMILES string of the molecule is CCCC(CNC(=O)N1CC(C)(C)OC(C)(C)C1)C(=O)O. The second kappa shape index (κ2) is 6.64. The van der Waals surface area contributed by atoms with Crippen LogP contribution in [0.1, 0.15) is 47.5 Å². The van der Waals surface area contributed by atoms with Crippen LogP contribution in [0.3, 0.4) is 0 Å². The van der Waals surface area contributed by atoms with Crippen LogP contribution in [0.5, 0.6) is 0 Å². The normalized spacial score (nSPS) is 21.7. The number of nitrogens with zero attached hydrogens (tertiary/aromatic N) is 1.